The number of carbonyl (C=O) groups excluding carboxylic acids is 1. The zero-order valence-corrected chi connectivity index (χ0v) is 10.8. The molecule has 4 heteroatoms. The number of hydrogen-bond acceptors (Lipinski definition) is 3. The summed E-state index contributed by atoms with van der Waals surface area (Å²) in [4.78, 5) is 11.1. The molecule has 98 valence electrons. The van der Waals surface area contributed by atoms with E-state index in [0.717, 1.165) is 36.8 Å². The minimum absolute atomic E-state index is 0.372. The maximum absolute atomic E-state index is 11.1. The van der Waals surface area contributed by atoms with E-state index in [0.29, 0.717) is 5.56 Å². The van der Waals surface area contributed by atoms with Crippen molar-refractivity contribution in [3.8, 4) is 0 Å². The second-order valence-electron chi connectivity index (χ2n) is 4.97. The number of anilines is 1. The van der Waals surface area contributed by atoms with Crippen molar-refractivity contribution in [1.29, 1.82) is 0 Å². The fourth-order valence-electron chi connectivity index (χ4n) is 2.36. The molecule has 1 aliphatic rings. The summed E-state index contributed by atoms with van der Waals surface area (Å²) in [6, 6.07) is 5.56. The van der Waals surface area contributed by atoms with E-state index >= 15 is 0 Å². The zero-order chi connectivity index (χ0) is 13.0. The van der Waals surface area contributed by atoms with Crippen molar-refractivity contribution in [3.05, 3.63) is 29.3 Å². The van der Waals surface area contributed by atoms with E-state index in [9.17, 15) is 4.79 Å². The fourth-order valence-corrected chi connectivity index (χ4v) is 2.36. The molecular formula is C14H21N3O. The van der Waals surface area contributed by atoms with Gasteiger partial charge in [0.1, 0.15) is 0 Å². The number of primary amides is 1. The first kappa shape index (κ1) is 12.9. The standard InChI is InChI=1S/C14H21N3O/c1-10-8-12(14(15)18)2-3-13(10)17-9-11-4-6-16-7-5-11/h2-3,8,11,16-17H,4-7,9H2,1H3,(H2,15,18). The Balaban J connectivity index is 1.94. The van der Waals surface area contributed by atoms with Gasteiger partial charge in [-0.05, 0) is 62.5 Å². The topological polar surface area (TPSA) is 67.2 Å². The molecule has 18 heavy (non-hydrogen) atoms. The van der Waals surface area contributed by atoms with Crippen LogP contribution in [0.25, 0.3) is 0 Å². The Morgan fingerprint density at radius 1 is 1.44 bits per heavy atom. The maximum Gasteiger partial charge on any atom is 0.248 e. The van der Waals surface area contributed by atoms with Crippen molar-refractivity contribution >= 4 is 11.6 Å². The Morgan fingerprint density at radius 3 is 2.78 bits per heavy atom. The van der Waals surface area contributed by atoms with Crippen LogP contribution in [0.2, 0.25) is 0 Å². The molecule has 2 rings (SSSR count). The molecule has 1 saturated heterocycles. The van der Waals surface area contributed by atoms with Crippen LogP contribution in [0, 0.1) is 12.8 Å². The molecule has 0 aromatic heterocycles. The SMILES string of the molecule is Cc1cc(C(N)=O)ccc1NCC1CCNCC1. The highest BCUT2D eigenvalue weighted by Gasteiger charge is 2.13. The molecule has 4 N–H and O–H groups in total. The van der Waals surface area contributed by atoms with E-state index in [1.54, 1.807) is 6.07 Å². The fraction of sp³-hybridized carbons (Fsp3) is 0.500. The van der Waals surface area contributed by atoms with Crippen LogP contribution in [0.3, 0.4) is 0 Å². The average molecular weight is 247 g/mol. The number of hydrogen-bond donors (Lipinski definition) is 3. The molecule has 1 aliphatic heterocycles. The molecule has 1 heterocycles. The lowest BCUT2D eigenvalue weighted by atomic mass is 9.98. The van der Waals surface area contributed by atoms with Gasteiger partial charge >= 0.3 is 0 Å². The maximum atomic E-state index is 11.1. The molecule has 0 bridgehead atoms. The largest absolute Gasteiger partial charge is 0.385 e. The molecule has 0 saturated carbocycles. The van der Waals surface area contributed by atoms with Gasteiger partial charge in [0.25, 0.3) is 0 Å². The van der Waals surface area contributed by atoms with Crippen molar-refractivity contribution in [2.75, 3.05) is 25.0 Å². The highest BCUT2D eigenvalue weighted by Crippen LogP contribution is 2.18. The number of nitrogens with one attached hydrogen (secondary N) is 2. The van der Waals surface area contributed by atoms with Crippen molar-refractivity contribution < 1.29 is 4.79 Å². The van der Waals surface area contributed by atoms with Gasteiger partial charge in [-0.1, -0.05) is 0 Å². The molecule has 1 aromatic carbocycles. The van der Waals surface area contributed by atoms with Gasteiger partial charge in [-0.3, -0.25) is 4.79 Å². The van der Waals surface area contributed by atoms with Crippen molar-refractivity contribution in [3.63, 3.8) is 0 Å². The van der Waals surface area contributed by atoms with Crippen LogP contribution in [0.5, 0.6) is 0 Å². The number of piperidine rings is 1. The summed E-state index contributed by atoms with van der Waals surface area (Å²) in [5.41, 5.74) is 7.99. The molecule has 0 unspecified atom stereocenters. The van der Waals surface area contributed by atoms with E-state index in [1.165, 1.54) is 12.8 Å². The number of amides is 1. The van der Waals surface area contributed by atoms with Gasteiger partial charge in [0.2, 0.25) is 5.91 Å². The Morgan fingerprint density at radius 2 is 2.17 bits per heavy atom. The molecular weight excluding hydrogens is 226 g/mol. The van der Waals surface area contributed by atoms with Gasteiger partial charge in [0, 0.05) is 17.8 Å². The first-order valence-electron chi connectivity index (χ1n) is 6.52. The lowest BCUT2D eigenvalue weighted by Crippen LogP contribution is -2.31. The summed E-state index contributed by atoms with van der Waals surface area (Å²) in [6.45, 7) is 5.23. The molecule has 1 amide bonds. The van der Waals surface area contributed by atoms with Gasteiger partial charge in [-0.2, -0.15) is 0 Å². The Bertz CT molecular complexity index is 425. The Kier molecular flexibility index (Phi) is 4.20. The van der Waals surface area contributed by atoms with Gasteiger partial charge in [-0.15, -0.1) is 0 Å². The Hall–Kier alpha value is -1.55. The van der Waals surface area contributed by atoms with Crippen molar-refractivity contribution in [2.45, 2.75) is 19.8 Å². The summed E-state index contributed by atoms with van der Waals surface area (Å²) in [5.74, 6) is 0.365. The molecule has 1 aromatic rings. The van der Waals surface area contributed by atoms with Crippen LogP contribution in [0.1, 0.15) is 28.8 Å². The summed E-state index contributed by atoms with van der Waals surface area (Å²) in [7, 11) is 0. The lowest BCUT2D eigenvalue weighted by molar-refractivity contribution is 0.1000. The third kappa shape index (κ3) is 3.23. The van der Waals surface area contributed by atoms with Gasteiger partial charge in [0.15, 0.2) is 0 Å². The van der Waals surface area contributed by atoms with E-state index < -0.39 is 0 Å². The highest BCUT2D eigenvalue weighted by molar-refractivity contribution is 5.93. The van der Waals surface area contributed by atoms with E-state index in [4.69, 9.17) is 5.73 Å². The van der Waals surface area contributed by atoms with Gasteiger partial charge < -0.3 is 16.4 Å². The first-order chi connectivity index (χ1) is 8.66. The Labute approximate surface area is 108 Å². The number of nitrogens with two attached hydrogens (primary N) is 1. The van der Waals surface area contributed by atoms with Crippen LogP contribution in [-0.4, -0.2) is 25.5 Å². The molecule has 0 atom stereocenters. The third-order valence-corrected chi connectivity index (χ3v) is 3.55. The second-order valence-corrected chi connectivity index (χ2v) is 4.97. The number of aryl methyl sites for hydroxylation is 1. The predicted molar refractivity (Wildman–Crippen MR) is 73.8 cm³/mol. The first-order valence-corrected chi connectivity index (χ1v) is 6.52. The molecule has 0 aliphatic carbocycles. The molecule has 1 fully saturated rings. The summed E-state index contributed by atoms with van der Waals surface area (Å²) >= 11 is 0. The monoisotopic (exact) mass is 247 g/mol. The van der Waals surface area contributed by atoms with Crippen LogP contribution in [-0.2, 0) is 0 Å². The van der Waals surface area contributed by atoms with Crippen LogP contribution >= 0.6 is 0 Å². The van der Waals surface area contributed by atoms with E-state index in [2.05, 4.69) is 10.6 Å². The normalized spacial score (nSPS) is 16.5. The van der Waals surface area contributed by atoms with Crippen LogP contribution in [0.15, 0.2) is 18.2 Å². The number of carbonyl (C=O) groups is 1. The van der Waals surface area contributed by atoms with E-state index in [1.807, 2.05) is 19.1 Å². The summed E-state index contributed by atoms with van der Waals surface area (Å²) < 4.78 is 0. The number of rotatable bonds is 4. The van der Waals surface area contributed by atoms with Crippen molar-refractivity contribution in [1.82, 2.24) is 5.32 Å². The van der Waals surface area contributed by atoms with Gasteiger partial charge in [-0.25, -0.2) is 0 Å². The number of benzene rings is 1. The summed E-state index contributed by atoms with van der Waals surface area (Å²) in [5, 5.41) is 6.83. The quantitative estimate of drug-likeness (QED) is 0.755. The smallest absolute Gasteiger partial charge is 0.248 e. The minimum atomic E-state index is -0.372. The molecule has 0 spiro atoms. The highest BCUT2D eigenvalue weighted by atomic mass is 16.1. The summed E-state index contributed by atoms with van der Waals surface area (Å²) in [6.07, 6.45) is 2.46. The van der Waals surface area contributed by atoms with Crippen LogP contribution < -0.4 is 16.4 Å². The van der Waals surface area contributed by atoms with Gasteiger partial charge in [0.05, 0.1) is 0 Å². The second kappa shape index (κ2) is 5.87. The van der Waals surface area contributed by atoms with E-state index in [-0.39, 0.29) is 5.91 Å². The van der Waals surface area contributed by atoms with Crippen LogP contribution in [0.4, 0.5) is 5.69 Å². The minimum Gasteiger partial charge on any atom is -0.385 e. The molecule has 4 nitrogen and oxygen atoms in total. The predicted octanol–water partition coefficient (Wildman–Crippen LogP) is 1.51. The molecule has 0 radical (unpaired) electrons. The third-order valence-electron chi connectivity index (χ3n) is 3.55. The zero-order valence-electron chi connectivity index (χ0n) is 10.8. The lowest BCUT2D eigenvalue weighted by Gasteiger charge is -2.23. The van der Waals surface area contributed by atoms with Crippen molar-refractivity contribution in [2.24, 2.45) is 11.7 Å². The average Bonchev–Trinajstić information content (AvgIpc) is 2.38.